The molecule has 4 unspecified atom stereocenters. The standard InChI is InChI=1S/C36H70O4S3/c1-7-11-15-23-33(21-13-9-3)25-29-42-39-35(37)31(5)19-17-27-41-28-18-20-32(6)36(38)40-43-30-26-34(22-14-10-4)24-16-12-8-2/h31-34H,7-30H2,1-6H3. The van der Waals surface area contributed by atoms with E-state index in [9.17, 15) is 9.59 Å². The maximum Gasteiger partial charge on any atom is 0.320 e. The van der Waals surface area contributed by atoms with Gasteiger partial charge in [0.15, 0.2) is 0 Å². The summed E-state index contributed by atoms with van der Waals surface area (Å²) in [5.74, 6) is 5.26. The van der Waals surface area contributed by atoms with Crippen molar-refractivity contribution in [1.29, 1.82) is 0 Å². The number of thioether (sulfide) groups is 1. The molecule has 0 aliphatic rings. The molecule has 0 rings (SSSR count). The van der Waals surface area contributed by atoms with E-state index in [1.165, 1.54) is 114 Å². The molecule has 0 aliphatic heterocycles. The van der Waals surface area contributed by atoms with E-state index in [4.69, 9.17) is 8.37 Å². The first-order valence-electron chi connectivity index (χ1n) is 18.1. The lowest BCUT2D eigenvalue weighted by atomic mass is 9.93. The Kier molecular flexibility index (Phi) is 31.9. The second-order valence-electron chi connectivity index (χ2n) is 12.7. The molecule has 0 spiro atoms. The summed E-state index contributed by atoms with van der Waals surface area (Å²) in [5, 5.41) is 0. The Morgan fingerprint density at radius 1 is 0.465 bits per heavy atom. The highest BCUT2D eigenvalue weighted by atomic mass is 32.2. The highest BCUT2D eigenvalue weighted by molar-refractivity contribution is 7.99. The predicted octanol–water partition coefficient (Wildman–Crippen LogP) is 12.5. The molecule has 0 aromatic carbocycles. The Morgan fingerprint density at radius 2 is 0.837 bits per heavy atom. The third-order valence-corrected chi connectivity index (χ3v) is 11.0. The molecule has 0 saturated carbocycles. The minimum Gasteiger partial charge on any atom is -0.391 e. The van der Waals surface area contributed by atoms with Crippen molar-refractivity contribution in [2.75, 3.05) is 23.0 Å². The number of carbonyl (C=O) groups is 2. The second-order valence-corrected chi connectivity index (χ2v) is 15.6. The van der Waals surface area contributed by atoms with Gasteiger partial charge in [-0.25, -0.2) is 0 Å². The lowest BCUT2D eigenvalue weighted by Gasteiger charge is -2.16. The van der Waals surface area contributed by atoms with Crippen LogP contribution >= 0.6 is 35.8 Å². The Hall–Kier alpha value is -0.0100. The van der Waals surface area contributed by atoms with Crippen LogP contribution in [0.3, 0.4) is 0 Å². The highest BCUT2D eigenvalue weighted by Crippen LogP contribution is 2.25. The molecule has 0 aromatic heterocycles. The van der Waals surface area contributed by atoms with Gasteiger partial charge in [-0.1, -0.05) is 131 Å². The van der Waals surface area contributed by atoms with Gasteiger partial charge in [-0.2, -0.15) is 11.8 Å². The zero-order valence-corrected chi connectivity index (χ0v) is 31.6. The first kappa shape index (κ1) is 43.0. The second kappa shape index (κ2) is 32.0. The van der Waals surface area contributed by atoms with Crippen molar-refractivity contribution in [3.63, 3.8) is 0 Å². The van der Waals surface area contributed by atoms with E-state index in [1.807, 2.05) is 25.6 Å². The van der Waals surface area contributed by atoms with E-state index in [1.54, 1.807) is 0 Å². The molecule has 0 aromatic rings. The van der Waals surface area contributed by atoms with Crippen molar-refractivity contribution < 1.29 is 18.0 Å². The third kappa shape index (κ3) is 26.9. The van der Waals surface area contributed by atoms with Gasteiger partial charge in [0.1, 0.15) is 0 Å². The molecule has 43 heavy (non-hydrogen) atoms. The SMILES string of the molecule is CCCCCC(CCCC)CCSOC(=O)C(C)CCCSCCCC(C)C(=O)OSCCC(CCCC)CCCCC. The average Bonchev–Trinajstić information content (AvgIpc) is 3.01. The molecule has 256 valence electrons. The third-order valence-electron chi connectivity index (χ3n) is 8.52. The first-order chi connectivity index (χ1) is 20.9. The van der Waals surface area contributed by atoms with E-state index in [-0.39, 0.29) is 23.8 Å². The quantitative estimate of drug-likeness (QED) is 0.0525. The Balaban J connectivity index is 3.89. The number of unbranched alkanes of at least 4 members (excludes halogenated alkanes) is 6. The van der Waals surface area contributed by atoms with Crippen LogP contribution in [-0.2, 0) is 18.0 Å². The minimum absolute atomic E-state index is 0.0425. The number of hydrogen-bond acceptors (Lipinski definition) is 7. The molecule has 0 heterocycles. The number of hydrogen-bond donors (Lipinski definition) is 0. The summed E-state index contributed by atoms with van der Waals surface area (Å²) in [5.41, 5.74) is 0. The Morgan fingerprint density at radius 3 is 1.21 bits per heavy atom. The molecular formula is C36H70O4S3. The van der Waals surface area contributed by atoms with Crippen LogP contribution in [0.25, 0.3) is 0 Å². The monoisotopic (exact) mass is 662 g/mol. The highest BCUT2D eigenvalue weighted by Gasteiger charge is 2.17. The van der Waals surface area contributed by atoms with Crippen molar-refractivity contribution in [2.24, 2.45) is 23.7 Å². The molecule has 7 heteroatoms. The van der Waals surface area contributed by atoms with Crippen LogP contribution in [0.5, 0.6) is 0 Å². The van der Waals surface area contributed by atoms with Gasteiger partial charge in [0, 0.05) is 11.5 Å². The lowest BCUT2D eigenvalue weighted by molar-refractivity contribution is -0.138. The van der Waals surface area contributed by atoms with E-state index in [2.05, 4.69) is 27.7 Å². The topological polar surface area (TPSA) is 52.6 Å². The minimum atomic E-state index is -0.0655. The van der Waals surface area contributed by atoms with Crippen LogP contribution < -0.4 is 0 Å². The summed E-state index contributed by atoms with van der Waals surface area (Å²) >= 11 is 4.65. The van der Waals surface area contributed by atoms with Crippen molar-refractivity contribution in [3.05, 3.63) is 0 Å². The van der Waals surface area contributed by atoms with Gasteiger partial charge in [0.25, 0.3) is 0 Å². The van der Waals surface area contributed by atoms with Gasteiger partial charge in [-0.3, -0.25) is 9.59 Å². The Labute approximate surface area is 281 Å². The van der Waals surface area contributed by atoms with Gasteiger partial charge >= 0.3 is 11.9 Å². The summed E-state index contributed by atoms with van der Waals surface area (Å²) in [7, 11) is 0. The molecule has 0 radical (unpaired) electrons. The van der Waals surface area contributed by atoms with Crippen LogP contribution in [0.15, 0.2) is 0 Å². The summed E-state index contributed by atoms with van der Waals surface area (Å²) in [6.07, 6.45) is 24.3. The van der Waals surface area contributed by atoms with Crippen molar-refractivity contribution in [2.45, 2.75) is 170 Å². The zero-order valence-electron chi connectivity index (χ0n) is 29.1. The maximum absolute atomic E-state index is 12.4. The first-order valence-corrected chi connectivity index (χ1v) is 21.1. The molecule has 0 saturated heterocycles. The fraction of sp³-hybridized carbons (Fsp3) is 0.944. The van der Waals surface area contributed by atoms with Crippen molar-refractivity contribution in [1.82, 2.24) is 0 Å². The van der Waals surface area contributed by atoms with Gasteiger partial charge in [-0.05, 0) is 61.9 Å². The molecule has 0 fully saturated rings. The molecule has 4 nitrogen and oxygen atoms in total. The van der Waals surface area contributed by atoms with E-state index >= 15 is 0 Å². The van der Waals surface area contributed by atoms with E-state index in [0.717, 1.165) is 73.4 Å². The average molecular weight is 663 g/mol. The number of rotatable bonds is 32. The molecule has 0 N–H and O–H groups in total. The van der Waals surface area contributed by atoms with Gasteiger partial charge in [0.05, 0.1) is 35.9 Å². The van der Waals surface area contributed by atoms with Crippen LogP contribution in [-0.4, -0.2) is 35.0 Å². The van der Waals surface area contributed by atoms with Crippen LogP contribution in [0, 0.1) is 23.7 Å². The van der Waals surface area contributed by atoms with Crippen molar-refractivity contribution >= 4 is 47.8 Å². The Bertz CT molecular complexity index is 582. The largest absolute Gasteiger partial charge is 0.391 e. The van der Waals surface area contributed by atoms with Gasteiger partial charge in [-0.15, -0.1) is 0 Å². The lowest BCUT2D eigenvalue weighted by Crippen LogP contribution is -2.13. The normalized spacial score (nSPS) is 14.3. The zero-order chi connectivity index (χ0) is 32.0. The fourth-order valence-electron chi connectivity index (χ4n) is 5.33. The van der Waals surface area contributed by atoms with Gasteiger partial charge in [0.2, 0.25) is 0 Å². The maximum atomic E-state index is 12.4. The van der Waals surface area contributed by atoms with Gasteiger partial charge < -0.3 is 8.37 Å². The number of carbonyl (C=O) groups excluding carboxylic acids is 2. The molecule has 0 aliphatic carbocycles. The summed E-state index contributed by atoms with van der Waals surface area (Å²) < 4.78 is 11.1. The smallest absolute Gasteiger partial charge is 0.320 e. The summed E-state index contributed by atoms with van der Waals surface area (Å²) in [4.78, 5) is 24.8. The van der Waals surface area contributed by atoms with Crippen molar-refractivity contribution in [3.8, 4) is 0 Å². The van der Waals surface area contributed by atoms with E-state index in [0.29, 0.717) is 0 Å². The van der Waals surface area contributed by atoms with Crippen LogP contribution in [0.1, 0.15) is 170 Å². The molecule has 4 atom stereocenters. The molecular weight excluding hydrogens is 593 g/mol. The summed E-state index contributed by atoms with van der Waals surface area (Å²) in [6, 6.07) is 0. The van der Waals surface area contributed by atoms with E-state index < -0.39 is 0 Å². The fourth-order valence-corrected chi connectivity index (χ4v) is 7.86. The molecule has 0 bridgehead atoms. The predicted molar refractivity (Wildman–Crippen MR) is 195 cm³/mol. The summed E-state index contributed by atoms with van der Waals surface area (Å²) in [6.45, 7) is 13.0. The van der Waals surface area contributed by atoms with Crippen LogP contribution in [0.2, 0.25) is 0 Å². The molecule has 0 amide bonds. The van der Waals surface area contributed by atoms with Crippen LogP contribution in [0.4, 0.5) is 0 Å².